The second kappa shape index (κ2) is 7.75. The van der Waals surface area contributed by atoms with Crippen molar-refractivity contribution < 1.29 is 14.3 Å². The van der Waals surface area contributed by atoms with Gasteiger partial charge in [0.05, 0.1) is 0 Å². The van der Waals surface area contributed by atoms with Crippen LogP contribution in [0.3, 0.4) is 0 Å². The van der Waals surface area contributed by atoms with Gasteiger partial charge in [-0.25, -0.2) is 4.79 Å². The second-order valence-corrected chi connectivity index (χ2v) is 7.23. The first-order valence-corrected chi connectivity index (χ1v) is 8.45. The lowest BCUT2D eigenvalue weighted by molar-refractivity contribution is 0.00430. The fraction of sp³-hybridized carbons (Fsp3) is 0.611. The van der Waals surface area contributed by atoms with E-state index < -0.39 is 5.60 Å². The third-order valence-electron chi connectivity index (χ3n) is 3.94. The van der Waals surface area contributed by atoms with Crippen molar-refractivity contribution >= 4 is 11.8 Å². The van der Waals surface area contributed by atoms with E-state index in [1.165, 1.54) is 0 Å². The molecule has 1 atom stereocenters. The molecular weight excluding hydrogens is 306 g/mol. The van der Waals surface area contributed by atoms with Crippen molar-refractivity contribution in [3.63, 3.8) is 0 Å². The Morgan fingerprint density at radius 2 is 1.92 bits per heavy atom. The number of hydrogen-bond acceptors (Lipinski definition) is 5. The lowest BCUT2D eigenvalue weighted by Gasteiger charge is -2.40. The summed E-state index contributed by atoms with van der Waals surface area (Å²) in [5.41, 5.74) is 5.94. The maximum atomic E-state index is 12.1. The van der Waals surface area contributed by atoms with Gasteiger partial charge in [0.2, 0.25) is 0 Å². The van der Waals surface area contributed by atoms with E-state index in [4.69, 9.17) is 15.2 Å². The SMILES string of the molecule is C[C@H]1CN(C(=O)OC(C)(C)C)CCN1CCOc1ccc(N)cc1. The molecule has 0 radical (unpaired) electrons. The van der Waals surface area contributed by atoms with Crippen LogP contribution in [0.2, 0.25) is 0 Å². The van der Waals surface area contributed by atoms with Crippen LogP contribution in [0.15, 0.2) is 24.3 Å². The number of nitrogens with zero attached hydrogens (tertiary/aromatic N) is 2. The number of piperazine rings is 1. The fourth-order valence-corrected chi connectivity index (χ4v) is 2.66. The van der Waals surface area contributed by atoms with E-state index >= 15 is 0 Å². The van der Waals surface area contributed by atoms with Crippen LogP contribution >= 0.6 is 0 Å². The van der Waals surface area contributed by atoms with Crippen molar-refractivity contribution in [2.45, 2.75) is 39.3 Å². The Balaban J connectivity index is 1.75. The molecule has 1 aliphatic heterocycles. The van der Waals surface area contributed by atoms with Crippen LogP contribution in [0.25, 0.3) is 0 Å². The molecule has 0 saturated carbocycles. The molecule has 1 aromatic rings. The van der Waals surface area contributed by atoms with Gasteiger partial charge in [0, 0.05) is 37.9 Å². The largest absolute Gasteiger partial charge is 0.492 e. The maximum absolute atomic E-state index is 12.1. The highest BCUT2D eigenvalue weighted by Gasteiger charge is 2.29. The first-order chi connectivity index (χ1) is 11.2. The minimum absolute atomic E-state index is 0.230. The molecule has 1 saturated heterocycles. The normalized spacial score (nSPS) is 19.2. The summed E-state index contributed by atoms with van der Waals surface area (Å²) in [7, 11) is 0. The number of benzene rings is 1. The number of carbonyl (C=O) groups excluding carboxylic acids is 1. The molecule has 1 aliphatic rings. The first-order valence-electron chi connectivity index (χ1n) is 8.45. The molecule has 1 fully saturated rings. The molecule has 2 N–H and O–H groups in total. The quantitative estimate of drug-likeness (QED) is 0.857. The number of nitrogens with two attached hydrogens (primary N) is 1. The average molecular weight is 335 g/mol. The highest BCUT2D eigenvalue weighted by molar-refractivity contribution is 5.68. The molecule has 0 unspecified atom stereocenters. The van der Waals surface area contributed by atoms with Crippen LogP contribution in [-0.4, -0.2) is 60.3 Å². The van der Waals surface area contributed by atoms with Gasteiger partial charge in [0.15, 0.2) is 0 Å². The van der Waals surface area contributed by atoms with E-state index in [1.807, 2.05) is 45.0 Å². The van der Waals surface area contributed by atoms with Crippen molar-refractivity contribution in [1.29, 1.82) is 0 Å². The van der Waals surface area contributed by atoms with Crippen molar-refractivity contribution in [1.82, 2.24) is 9.80 Å². The van der Waals surface area contributed by atoms with Gasteiger partial charge in [-0.1, -0.05) is 0 Å². The molecule has 134 valence electrons. The lowest BCUT2D eigenvalue weighted by Crippen LogP contribution is -2.55. The van der Waals surface area contributed by atoms with E-state index in [2.05, 4.69) is 11.8 Å². The summed E-state index contributed by atoms with van der Waals surface area (Å²) in [6, 6.07) is 7.69. The number of hydrogen-bond donors (Lipinski definition) is 1. The molecule has 0 bridgehead atoms. The van der Waals surface area contributed by atoms with Crippen LogP contribution in [0.4, 0.5) is 10.5 Å². The zero-order valence-electron chi connectivity index (χ0n) is 15.1. The predicted molar refractivity (Wildman–Crippen MR) is 95.2 cm³/mol. The number of anilines is 1. The van der Waals surface area contributed by atoms with Gasteiger partial charge in [0.1, 0.15) is 18.0 Å². The predicted octanol–water partition coefficient (Wildman–Crippen LogP) is 2.59. The Hall–Kier alpha value is -1.95. The second-order valence-electron chi connectivity index (χ2n) is 7.23. The van der Waals surface area contributed by atoms with E-state index in [0.717, 1.165) is 24.5 Å². The molecule has 6 heteroatoms. The monoisotopic (exact) mass is 335 g/mol. The van der Waals surface area contributed by atoms with Crippen LogP contribution < -0.4 is 10.5 Å². The number of ether oxygens (including phenoxy) is 2. The number of rotatable bonds is 4. The van der Waals surface area contributed by atoms with Gasteiger partial charge in [-0.2, -0.15) is 0 Å². The minimum Gasteiger partial charge on any atom is -0.492 e. The van der Waals surface area contributed by atoms with Crippen molar-refractivity contribution in [3.05, 3.63) is 24.3 Å². The molecule has 2 rings (SSSR count). The van der Waals surface area contributed by atoms with E-state index in [9.17, 15) is 4.79 Å². The highest BCUT2D eigenvalue weighted by Crippen LogP contribution is 2.16. The first kappa shape index (κ1) is 18.4. The van der Waals surface area contributed by atoms with Gasteiger partial charge in [-0.3, -0.25) is 4.90 Å². The number of nitrogen functional groups attached to an aromatic ring is 1. The van der Waals surface area contributed by atoms with Crippen molar-refractivity contribution in [3.8, 4) is 5.75 Å². The van der Waals surface area contributed by atoms with Gasteiger partial charge in [-0.05, 0) is 52.0 Å². The molecular formula is C18H29N3O3. The topological polar surface area (TPSA) is 68.0 Å². The number of amides is 1. The molecule has 0 spiro atoms. The molecule has 1 heterocycles. The Bertz CT molecular complexity index is 539. The van der Waals surface area contributed by atoms with E-state index in [1.54, 1.807) is 4.90 Å². The fourth-order valence-electron chi connectivity index (χ4n) is 2.66. The summed E-state index contributed by atoms with van der Waals surface area (Å²) in [4.78, 5) is 16.3. The Labute approximate surface area is 144 Å². The van der Waals surface area contributed by atoms with Crippen LogP contribution in [0, 0.1) is 0 Å². The minimum atomic E-state index is -0.454. The molecule has 1 aromatic carbocycles. The molecule has 0 aromatic heterocycles. The Morgan fingerprint density at radius 3 is 2.50 bits per heavy atom. The Morgan fingerprint density at radius 1 is 1.25 bits per heavy atom. The van der Waals surface area contributed by atoms with Gasteiger partial charge >= 0.3 is 6.09 Å². The average Bonchev–Trinajstić information content (AvgIpc) is 2.49. The highest BCUT2D eigenvalue weighted by atomic mass is 16.6. The summed E-state index contributed by atoms with van der Waals surface area (Å²) in [5, 5.41) is 0. The smallest absolute Gasteiger partial charge is 0.410 e. The third-order valence-corrected chi connectivity index (χ3v) is 3.94. The third kappa shape index (κ3) is 5.60. The summed E-state index contributed by atoms with van der Waals surface area (Å²) in [6.45, 7) is 11.4. The van der Waals surface area contributed by atoms with E-state index in [-0.39, 0.29) is 12.1 Å². The summed E-state index contributed by atoms with van der Waals surface area (Å²) >= 11 is 0. The molecule has 1 amide bonds. The van der Waals surface area contributed by atoms with Crippen molar-refractivity contribution in [2.24, 2.45) is 0 Å². The summed E-state index contributed by atoms with van der Waals surface area (Å²) in [6.07, 6.45) is -0.230. The van der Waals surface area contributed by atoms with Crippen LogP contribution in [-0.2, 0) is 4.74 Å². The van der Waals surface area contributed by atoms with Crippen LogP contribution in [0.1, 0.15) is 27.7 Å². The van der Waals surface area contributed by atoms with Gasteiger partial charge in [-0.15, -0.1) is 0 Å². The summed E-state index contributed by atoms with van der Waals surface area (Å²) < 4.78 is 11.2. The molecule has 24 heavy (non-hydrogen) atoms. The van der Waals surface area contributed by atoms with Crippen molar-refractivity contribution in [2.75, 3.05) is 38.5 Å². The Kier molecular flexibility index (Phi) is 5.94. The van der Waals surface area contributed by atoms with Crippen LogP contribution in [0.5, 0.6) is 5.75 Å². The zero-order chi connectivity index (χ0) is 17.7. The standard InChI is InChI=1S/C18H29N3O3/c1-14-13-21(17(22)24-18(2,3)4)10-9-20(14)11-12-23-16-7-5-15(19)6-8-16/h5-8,14H,9-13,19H2,1-4H3/t14-/m0/s1. The molecule has 6 nitrogen and oxygen atoms in total. The summed E-state index contributed by atoms with van der Waals surface area (Å²) in [5.74, 6) is 0.823. The van der Waals surface area contributed by atoms with Gasteiger partial charge in [0.25, 0.3) is 0 Å². The van der Waals surface area contributed by atoms with Gasteiger partial charge < -0.3 is 20.1 Å². The number of carbonyl (C=O) groups is 1. The van der Waals surface area contributed by atoms with E-state index in [0.29, 0.717) is 19.7 Å². The maximum Gasteiger partial charge on any atom is 0.410 e. The zero-order valence-corrected chi connectivity index (χ0v) is 15.1. The lowest BCUT2D eigenvalue weighted by atomic mass is 10.2. The molecule has 0 aliphatic carbocycles.